The molecule has 1 aromatic carbocycles. The molecular weight excluding hydrogens is 539 g/mol. The number of benzene rings is 1. The zero-order chi connectivity index (χ0) is 19.1. The second kappa shape index (κ2) is 12.2. The molecule has 0 radical (unpaired) electrons. The molecule has 0 saturated carbocycles. The minimum atomic E-state index is 0. The van der Waals surface area contributed by atoms with E-state index in [9.17, 15) is 4.79 Å². The van der Waals surface area contributed by atoms with Gasteiger partial charge in [0.1, 0.15) is 0 Å². The van der Waals surface area contributed by atoms with E-state index in [0.29, 0.717) is 5.25 Å². The lowest BCUT2D eigenvalue weighted by atomic mass is 10.2. The number of thioether (sulfide) groups is 1. The molecule has 2 N–H and O–H groups in total. The van der Waals surface area contributed by atoms with E-state index in [4.69, 9.17) is 0 Å². The number of aliphatic imine (C=N–C) groups is 1. The summed E-state index contributed by atoms with van der Waals surface area (Å²) in [5, 5.41) is 7.26. The van der Waals surface area contributed by atoms with Crippen LogP contribution >= 0.6 is 51.7 Å². The highest BCUT2D eigenvalue weighted by Gasteiger charge is 2.27. The Bertz CT molecular complexity index is 627. The summed E-state index contributed by atoms with van der Waals surface area (Å²) in [4.78, 5) is 19.6. The lowest BCUT2D eigenvalue weighted by molar-refractivity contribution is -0.133. The summed E-state index contributed by atoms with van der Waals surface area (Å²) in [7, 11) is 1.79. The van der Waals surface area contributed by atoms with Crippen molar-refractivity contribution in [3.63, 3.8) is 0 Å². The molecule has 1 amide bonds. The van der Waals surface area contributed by atoms with E-state index in [0.717, 1.165) is 36.5 Å². The minimum absolute atomic E-state index is 0. The smallest absolute Gasteiger partial charge is 0.225 e. The molecule has 1 fully saturated rings. The van der Waals surface area contributed by atoms with Crippen LogP contribution in [-0.4, -0.2) is 54.7 Å². The maximum atomic E-state index is 12.1. The van der Waals surface area contributed by atoms with E-state index >= 15 is 0 Å². The fourth-order valence-corrected chi connectivity index (χ4v) is 4.05. The maximum Gasteiger partial charge on any atom is 0.225 e. The molecule has 0 aliphatic carbocycles. The van der Waals surface area contributed by atoms with E-state index in [1.165, 1.54) is 4.90 Å². The van der Waals surface area contributed by atoms with Crippen molar-refractivity contribution in [2.45, 2.75) is 43.4 Å². The van der Waals surface area contributed by atoms with Crippen molar-refractivity contribution in [3.8, 4) is 0 Å². The molecule has 1 aromatic rings. The molecule has 152 valence electrons. The molecule has 27 heavy (non-hydrogen) atoms. The summed E-state index contributed by atoms with van der Waals surface area (Å²) in [6, 6.07) is 8.63. The lowest BCUT2D eigenvalue weighted by Gasteiger charge is -2.21. The number of rotatable bonds is 6. The van der Waals surface area contributed by atoms with Crippen LogP contribution in [0.2, 0.25) is 0 Å². The van der Waals surface area contributed by atoms with E-state index in [1.54, 1.807) is 7.05 Å². The zero-order valence-electron chi connectivity index (χ0n) is 16.4. The Labute approximate surface area is 192 Å². The molecule has 0 spiro atoms. The Morgan fingerprint density at radius 3 is 2.59 bits per heavy atom. The van der Waals surface area contributed by atoms with Crippen molar-refractivity contribution in [2.24, 2.45) is 10.9 Å². The summed E-state index contributed by atoms with van der Waals surface area (Å²) in [6.07, 6.45) is 0.961. The SMILES string of the molecule is CN=C(NCC(C)Sc1ccc(Br)cc1)NC1CCN(C(=O)C(C)C)C1.I. The molecule has 5 nitrogen and oxygen atoms in total. The molecular formula is C19H30BrIN4OS. The van der Waals surface area contributed by atoms with Gasteiger partial charge < -0.3 is 15.5 Å². The highest BCUT2D eigenvalue weighted by Crippen LogP contribution is 2.24. The first-order valence-corrected chi connectivity index (χ1v) is 10.7. The fraction of sp³-hybridized carbons (Fsp3) is 0.579. The molecule has 0 aromatic heterocycles. The van der Waals surface area contributed by atoms with Crippen LogP contribution in [0.3, 0.4) is 0 Å². The fourth-order valence-electron chi connectivity index (χ4n) is 2.86. The summed E-state index contributed by atoms with van der Waals surface area (Å²) in [5.41, 5.74) is 0. The van der Waals surface area contributed by atoms with Crippen LogP contribution in [0.4, 0.5) is 0 Å². The predicted octanol–water partition coefficient (Wildman–Crippen LogP) is 3.97. The molecule has 1 aliphatic heterocycles. The van der Waals surface area contributed by atoms with Crippen LogP contribution in [0.25, 0.3) is 0 Å². The number of hydrogen-bond donors (Lipinski definition) is 2. The minimum Gasteiger partial charge on any atom is -0.355 e. The first kappa shape index (κ1) is 24.6. The van der Waals surface area contributed by atoms with Crippen LogP contribution in [0.5, 0.6) is 0 Å². The van der Waals surface area contributed by atoms with Gasteiger partial charge in [0.05, 0.1) is 0 Å². The first-order valence-electron chi connectivity index (χ1n) is 9.07. The zero-order valence-corrected chi connectivity index (χ0v) is 21.1. The normalized spacial score (nSPS) is 18.2. The molecule has 8 heteroatoms. The number of amides is 1. The van der Waals surface area contributed by atoms with Gasteiger partial charge in [-0.3, -0.25) is 9.79 Å². The Morgan fingerprint density at radius 1 is 1.33 bits per heavy atom. The predicted molar refractivity (Wildman–Crippen MR) is 129 cm³/mol. The maximum absolute atomic E-state index is 12.1. The topological polar surface area (TPSA) is 56.7 Å². The second-order valence-corrected chi connectivity index (χ2v) is 9.33. The number of nitrogens with one attached hydrogen (secondary N) is 2. The molecule has 1 saturated heterocycles. The van der Waals surface area contributed by atoms with E-state index in [2.05, 4.69) is 62.7 Å². The van der Waals surface area contributed by atoms with Crippen molar-refractivity contribution >= 4 is 63.5 Å². The number of likely N-dealkylation sites (tertiary alicyclic amines) is 1. The molecule has 2 rings (SSSR count). The van der Waals surface area contributed by atoms with Crippen molar-refractivity contribution in [3.05, 3.63) is 28.7 Å². The highest BCUT2D eigenvalue weighted by molar-refractivity contribution is 14.0. The number of guanidine groups is 1. The Balaban J connectivity index is 0.00000364. The summed E-state index contributed by atoms with van der Waals surface area (Å²) in [5.74, 6) is 1.09. The third kappa shape index (κ3) is 8.19. The van der Waals surface area contributed by atoms with Gasteiger partial charge in [-0.15, -0.1) is 35.7 Å². The number of carbonyl (C=O) groups excluding carboxylic acids is 1. The van der Waals surface area contributed by atoms with Crippen molar-refractivity contribution in [1.82, 2.24) is 15.5 Å². The Morgan fingerprint density at radius 2 is 2.00 bits per heavy atom. The van der Waals surface area contributed by atoms with Gasteiger partial charge in [0.25, 0.3) is 0 Å². The van der Waals surface area contributed by atoms with Crippen LogP contribution in [0.1, 0.15) is 27.2 Å². The van der Waals surface area contributed by atoms with Gasteiger partial charge in [-0.25, -0.2) is 0 Å². The van der Waals surface area contributed by atoms with E-state index in [-0.39, 0.29) is 41.8 Å². The van der Waals surface area contributed by atoms with Gasteiger partial charge in [-0.05, 0) is 30.7 Å². The highest BCUT2D eigenvalue weighted by atomic mass is 127. The van der Waals surface area contributed by atoms with Crippen LogP contribution in [0, 0.1) is 5.92 Å². The van der Waals surface area contributed by atoms with Crippen LogP contribution < -0.4 is 10.6 Å². The second-order valence-electron chi connectivity index (χ2n) is 6.90. The third-order valence-corrected chi connectivity index (χ3v) is 5.91. The number of hydrogen-bond acceptors (Lipinski definition) is 3. The number of nitrogens with zero attached hydrogens (tertiary/aromatic N) is 2. The molecule has 2 unspecified atom stereocenters. The Kier molecular flexibility index (Phi) is 11.1. The van der Waals surface area contributed by atoms with Crippen LogP contribution in [0.15, 0.2) is 38.6 Å². The third-order valence-electron chi connectivity index (χ3n) is 4.27. The first-order chi connectivity index (χ1) is 12.4. The Hall–Kier alpha value is -0.480. The van der Waals surface area contributed by atoms with E-state index in [1.807, 2.05) is 30.5 Å². The summed E-state index contributed by atoms with van der Waals surface area (Å²) in [6.45, 7) is 8.50. The standard InChI is InChI=1S/C19H29BrN4OS.HI/c1-13(2)18(25)24-10-9-16(12-24)23-19(21-4)22-11-14(3)26-17-7-5-15(20)6-8-17;/h5-8,13-14,16H,9-12H2,1-4H3,(H2,21,22,23);1H. The quantitative estimate of drug-likeness (QED) is 0.236. The van der Waals surface area contributed by atoms with Gasteiger partial charge in [-0.2, -0.15) is 0 Å². The average molecular weight is 569 g/mol. The molecule has 0 bridgehead atoms. The molecule has 1 aliphatic rings. The number of carbonyl (C=O) groups is 1. The summed E-state index contributed by atoms with van der Waals surface area (Å²) >= 11 is 5.30. The van der Waals surface area contributed by atoms with Gasteiger partial charge in [0.15, 0.2) is 5.96 Å². The van der Waals surface area contributed by atoms with Crippen molar-refractivity contribution in [2.75, 3.05) is 26.7 Å². The van der Waals surface area contributed by atoms with Gasteiger partial charge in [0.2, 0.25) is 5.91 Å². The lowest BCUT2D eigenvalue weighted by Crippen LogP contribution is -2.46. The summed E-state index contributed by atoms with van der Waals surface area (Å²) < 4.78 is 1.10. The van der Waals surface area contributed by atoms with Crippen molar-refractivity contribution in [1.29, 1.82) is 0 Å². The van der Waals surface area contributed by atoms with Gasteiger partial charge in [0, 0.05) is 53.3 Å². The van der Waals surface area contributed by atoms with Crippen molar-refractivity contribution < 1.29 is 4.79 Å². The average Bonchev–Trinajstić information content (AvgIpc) is 3.08. The molecule has 2 atom stereocenters. The largest absolute Gasteiger partial charge is 0.355 e. The monoisotopic (exact) mass is 568 g/mol. The molecule has 1 heterocycles. The van der Waals surface area contributed by atoms with Gasteiger partial charge in [-0.1, -0.05) is 36.7 Å². The van der Waals surface area contributed by atoms with E-state index < -0.39 is 0 Å². The number of halogens is 2. The van der Waals surface area contributed by atoms with Crippen LogP contribution in [-0.2, 0) is 4.79 Å². The van der Waals surface area contributed by atoms with Gasteiger partial charge >= 0.3 is 0 Å².